The number of nitrogens with one attached hydrogen (secondary N) is 3. The third-order valence-corrected chi connectivity index (χ3v) is 3.55. The van der Waals surface area contributed by atoms with Gasteiger partial charge in [0.05, 0.1) is 0 Å². The Bertz CT molecular complexity index is 704. The fourth-order valence-corrected chi connectivity index (χ4v) is 2.23. The van der Waals surface area contributed by atoms with E-state index in [-0.39, 0.29) is 5.91 Å². The first-order valence-electron chi connectivity index (χ1n) is 7.22. The van der Waals surface area contributed by atoms with Crippen LogP contribution in [0.3, 0.4) is 0 Å². The Hall–Kier alpha value is -2.15. The lowest BCUT2D eigenvalue weighted by molar-refractivity contribution is 0.0954. The van der Waals surface area contributed by atoms with Crippen LogP contribution < -0.4 is 10.6 Å². The van der Waals surface area contributed by atoms with Gasteiger partial charge in [-0.3, -0.25) is 9.89 Å². The molecule has 3 N–H and O–H groups in total. The molecule has 7 heteroatoms. The highest BCUT2D eigenvalue weighted by Crippen LogP contribution is 2.11. The quantitative estimate of drug-likeness (QED) is 0.714. The summed E-state index contributed by atoms with van der Waals surface area (Å²) < 4.78 is 2.38. The van der Waals surface area contributed by atoms with Gasteiger partial charge in [-0.15, -0.1) is 0 Å². The standard InChI is InChI=1S/C15H21N5OS/c1-10(2)17-12-6-4-5-11(9-12)14(21)16-8-7-13-18-19-15(22)20(13)3/h4-6,9-10,17H,7-8H2,1-3H3,(H,16,21)(H,19,22). The molecule has 2 aromatic rings. The van der Waals surface area contributed by atoms with E-state index in [9.17, 15) is 4.79 Å². The van der Waals surface area contributed by atoms with Gasteiger partial charge in [0.1, 0.15) is 5.82 Å². The van der Waals surface area contributed by atoms with Gasteiger partial charge < -0.3 is 15.2 Å². The number of aromatic amines is 1. The van der Waals surface area contributed by atoms with E-state index >= 15 is 0 Å². The number of carbonyl (C=O) groups excluding carboxylic acids is 1. The first kappa shape index (κ1) is 16.2. The molecule has 0 bridgehead atoms. The van der Waals surface area contributed by atoms with Gasteiger partial charge in [0.15, 0.2) is 4.77 Å². The lowest BCUT2D eigenvalue weighted by Gasteiger charge is -2.11. The van der Waals surface area contributed by atoms with Crippen molar-refractivity contribution in [1.82, 2.24) is 20.1 Å². The zero-order valence-electron chi connectivity index (χ0n) is 13.0. The SMILES string of the molecule is CC(C)Nc1cccc(C(=O)NCCc2n[nH]c(=S)n2C)c1. The maximum Gasteiger partial charge on any atom is 0.251 e. The van der Waals surface area contributed by atoms with E-state index in [1.807, 2.05) is 25.2 Å². The first-order chi connectivity index (χ1) is 10.5. The number of anilines is 1. The third-order valence-electron chi connectivity index (χ3n) is 3.19. The van der Waals surface area contributed by atoms with Crippen LogP contribution >= 0.6 is 12.2 Å². The van der Waals surface area contributed by atoms with Crippen LogP contribution in [0, 0.1) is 4.77 Å². The molecule has 1 heterocycles. The molecule has 0 saturated carbocycles. The summed E-state index contributed by atoms with van der Waals surface area (Å²) in [4.78, 5) is 12.2. The summed E-state index contributed by atoms with van der Waals surface area (Å²) in [5.41, 5.74) is 1.58. The molecule has 0 aliphatic carbocycles. The first-order valence-corrected chi connectivity index (χ1v) is 7.63. The van der Waals surface area contributed by atoms with Crippen molar-refractivity contribution in [2.24, 2.45) is 7.05 Å². The topological polar surface area (TPSA) is 74.7 Å². The number of hydrogen-bond acceptors (Lipinski definition) is 4. The summed E-state index contributed by atoms with van der Waals surface area (Å²) in [6, 6.07) is 7.80. The summed E-state index contributed by atoms with van der Waals surface area (Å²) in [5.74, 6) is 0.727. The highest BCUT2D eigenvalue weighted by Gasteiger charge is 2.08. The summed E-state index contributed by atoms with van der Waals surface area (Å²) in [6.45, 7) is 4.63. The molecule has 2 rings (SSSR count). The number of nitrogens with zero attached hydrogens (tertiary/aromatic N) is 2. The molecule has 0 radical (unpaired) electrons. The normalized spacial score (nSPS) is 10.7. The highest BCUT2D eigenvalue weighted by atomic mass is 32.1. The summed E-state index contributed by atoms with van der Waals surface area (Å²) >= 11 is 5.05. The van der Waals surface area contributed by atoms with E-state index in [4.69, 9.17) is 12.2 Å². The second-order valence-corrected chi connectivity index (χ2v) is 5.78. The largest absolute Gasteiger partial charge is 0.383 e. The number of H-pyrrole nitrogens is 1. The van der Waals surface area contributed by atoms with Crippen molar-refractivity contribution in [1.29, 1.82) is 0 Å². The average Bonchev–Trinajstić information content (AvgIpc) is 2.79. The molecule has 6 nitrogen and oxygen atoms in total. The second-order valence-electron chi connectivity index (χ2n) is 5.39. The molecular weight excluding hydrogens is 298 g/mol. The molecule has 0 fully saturated rings. The Balaban J connectivity index is 1.92. The van der Waals surface area contributed by atoms with Gasteiger partial charge in [0, 0.05) is 37.3 Å². The Morgan fingerprint density at radius 1 is 1.45 bits per heavy atom. The van der Waals surface area contributed by atoms with Gasteiger partial charge in [-0.25, -0.2) is 0 Å². The number of amides is 1. The van der Waals surface area contributed by atoms with Gasteiger partial charge in [0.2, 0.25) is 0 Å². The van der Waals surface area contributed by atoms with Crippen LogP contribution in [0.1, 0.15) is 30.0 Å². The number of carbonyl (C=O) groups is 1. The van der Waals surface area contributed by atoms with Gasteiger partial charge in [-0.2, -0.15) is 5.10 Å². The summed E-state index contributed by atoms with van der Waals surface area (Å²) in [5, 5.41) is 13.0. The number of hydrogen-bond donors (Lipinski definition) is 3. The minimum Gasteiger partial charge on any atom is -0.383 e. The molecule has 0 atom stereocenters. The monoisotopic (exact) mass is 319 g/mol. The maximum atomic E-state index is 12.2. The van der Waals surface area contributed by atoms with Crippen LogP contribution in [0.2, 0.25) is 0 Å². The minimum absolute atomic E-state index is 0.0933. The number of aromatic nitrogens is 3. The molecule has 0 aliphatic heterocycles. The van der Waals surface area contributed by atoms with E-state index in [1.165, 1.54) is 0 Å². The van der Waals surface area contributed by atoms with Crippen LogP contribution in [-0.4, -0.2) is 33.3 Å². The predicted molar refractivity (Wildman–Crippen MR) is 89.6 cm³/mol. The van der Waals surface area contributed by atoms with Gasteiger partial charge in [-0.1, -0.05) is 6.07 Å². The third kappa shape index (κ3) is 4.17. The van der Waals surface area contributed by atoms with Crippen molar-refractivity contribution in [3.63, 3.8) is 0 Å². The fourth-order valence-electron chi connectivity index (χ4n) is 2.08. The molecule has 22 heavy (non-hydrogen) atoms. The van der Waals surface area contributed by atoms with Crippen molar-refractivity contribution in [2.75, 3.05) is 11.9 Å². The molecule has 1 aromatic carbocycles. The molecular formula is C15H21N5OS. The Morgan fingerprint density at radius 3 is 2.86 bits per heavy atom. The Kier molecular flexibility index (Phi) is 5.32. The van der Waals surface area contributed by atoms with Gasteiger partial charge in [-0.05, 0) is 44.3 Å². The predicted octanol–water partition coefficient (Wildman–Crippen LogP) is 2.27. The van der Waals surface area contributed by atoms with Gasteiger partial charge in [0.25, 0.3) is 5.91 Å². The van der Waals surface area contributed by atoms with Crippen molar-refractivity contribution in [3.05, 3.63) is 40.4 Å². The van der Waals surface area contributed by atoms with E-state index in [0.29, 0.717) is 29.3 Å². The summed E-state index contributed by atoms with van der Waals surface area (Å²) in [7, 11) is 1.85. The lowest BCUT2D eigenvalue weighted by Crippen LogP contribution is -2.26. The Morgan fingerprint density at radius 2 is 2.23 bits per heavy atom. The summed E-state index contributed by atoms with van der Waals surface area (Å²) in [6.07, 6.45) is 0.624. The number of benzene rings is 1. The van der Waals surface area contributed by atoms with Crippen LogP contribution in [0.4, 0.5) is 5.69 Å². The fraction of sp³-hybridized carbons (Fsp3) is 0.400. The van der Waals surface area contributed by atoms with E-state index in [0.717, 1.165) is 11.5 Å². The van der Waals surface area contributed by atoms with E-state index in [1.54, 1.807) is 10.6 Å². The molecule has 0 unspecified atom stereocenters. The highest BCUT2D eigenvalue weighted by molar-refractivity contribution is 7.71. The van der Waals surface area contributed by atoms with Crippen LogP contribution in [0.25, 0.3) is 0 Å². The van der Waals surface area contributed by atoms with Crippen molar-refractivity contribution >= 4 is 23.8 Å². The average molecular weight is 319 g/mol. The minimum atomic E-state index is -0.0933. The second kappa shape index (κ2) is 7.22. The zero-order chi connectivity index (χ0) is 16.1. The molecule has 0 aliphatic rings. The molecule has 118 valence electrons. The van der Waals surface area contributed by atoms with E-state index < -0.39 is 0 Å². The van der Waals surface area contributed by atoms with E-state index in [2.05, 4.69) is 34.7 Å². The van der Waals surface area contributed by atoms with Crippen LogP contribution in [0.5, 0.6) is 0 Å². The number of rotatable bonds is 6. The zero-order valence-corrected chi connectivity index (χ0v) is 13.8. The van der Waals surface area contributed by atoms with Gasteiger partial charge >= 0.3 is 0 Å². The van der Waals surface area contributed by atoms with Crippen molar-refractivity contribution < 1.29 is 4.79 Å². The van der Waals surface area contributed by atoms with Crippen molar-refractivity contribution in [3.8, 4) is 0 Å². The smallest absolute Gasteiger partial charge is 0.251 e. The van der Waals surface area contributed by atoms with Crippen LogP contribution in [0.15, 0.2) is 24.3 Å². The molecule has 0 saturated heterocycles. The Labute approximate surface area is 134 Å². The molecule has 1 amide bonds. The lowest BCUT2D eigenvalue weighted by atomic mass is 10.1. The van der Waals surface area contributed by atoms with Crippen molar-refractivity contribution in [2.45, 2.75) is 26.3 Å². The molecule has 0 spiro atoms. The molecule has 1 aromatic heterocycles. The maximum absolute atomic E-state index is 12.2. The van der Waals surface area contributed by atoms with Crippen LogP contribution in [-0.2, 0) is 13.5 Å².